The van der Waals surface area contributed by atoms with Gasteiger partial charge in [0, 0.05) is 37.6 Å². The molecule has 1 aromatic carbocycles. The van der Waals surface area contributed by atoms with E-state index in [4.69, 9.17) is 0 Å². The Morgan fingerprint density at radius 1 is 0.667 bits per heavy atom. The van der Waals surface area contributed by atoms with Gasteiger partial charge in [-0.25, -0.2) is 9.59 Å². The number of benzene rings is 1. The SMILES string of the molecule is CC(C)CN(CC(C)C)C(=O)Nc1cccc(NC(=O)N(CC(C)C)CC(C)C)c1. The maximum Gasteiger partial charge on any atom is 0.321 e. The van der Waals surface area contributed by atoms with Gasteiger partial charge in [0.05, 0.1) is 0 Å². The van der Waals surface area contributed by atoms with Gasteiger partial charge >= 0.3 is 12.1 Å². The molecule has 0 atom stereocenters. The second-order valence-electron chi connectivity index (χ2n) is 9.83. The number of amides is 4. The predicted octanol–water partition coefficient (Wildman–Crippen LogP) is 5.98. The van der Waals surface area contributed by atoms with Gasteiger partial charge in [-0.1, -0.05) is 61.5 Å². The smallest absolute Gasteiger partial charge is 0.321 e. The van der Waals surface area contributed by atoms with Crippen LogP contribution < -0.4 is 10.6 Å². The summed E-state index contributed by atoms with van der Waals surface area (Å²) in [6.07, 6.45) is 0. The van der Waals surface area contributed by atoms with Crippen LogP contribution in [0, 0.1) is 23.7 Å². The second-order valence-corrected chi connectivity index (χ2v) is 9.83. The topological polar surface area (TPSA) is 64.7 Å². The quantitative estimate of drug-likeness (QED) is 0.491. The summed E-state index contributed by atoms with van der Waals surface area (Å²) in [5.74, 6) is 1.59. The Labute approximate surface area is 183 Å². The average molecular weight is 419 g/mol. The van der Waals surface area contributed by atoms with E-state index in [0.29, 0.717) is 61.2 Å². The van der Waals surface area contributed by atoms with Crippen LogP contribution in [0.4, 0.5) is 21.0 Å². The average Bonchev–Trinajstić information content (AvgIpc) is 2.59. The summed E-state index contributed by atoms with van der Waals surface area (Å²) >= 11 is 0. The Balaban J connectivity index is 2.85. The number of anilines is 2. The summed E-state index contributed by atoms with van der Waals surface area (Å²) in [6.45, 7) is 19.7. The van der Waals surface area contributed by atoms with Gasteiger partial charge in [0.25, 0.3) is 0 Å². The molecule has 0 spiro atoms. The number of hydrogen-bond acceptors (Lipinski definition) is 2. The van der Waals surface area contributed by atoms with Crippen molar-refractivity contribution in [2.24, 2.45) is 23.7 Å². The second kappa shape index (κ2) is 12.5. The standard InChI is InChI=1S/C24H42N4O2/c1-17(2)13-27(14-18(3)4)23(29)25-21-10-9-11-22(12-21)26-24(30)28(15-19(5)6)16-20(7)8/h9-12,17-20H,13-16H2,1-8H3,(H,25,29)(H,26,30). The van der Waals surface area contributed by atoms with E-state index < -0.39 is 0 Å². The largest absolute Gasteiger partial charge is 0.324 e. The van der Waals surface area contributed by atoms with Crippen LogP contribution in [0.25, 0.3) is 0 Å². The number of nitrogens with zero attached hydrogens (tertiary/aromatic N) is 2. The molecule has 1 aromatic rings. The first kappa shape index (κ1) is 25.8. The number of rotatable bonds is 10. The van der Waals surface area contributed by atoms with Crippen LogP contribution in [0.5, 0.6) is 0 Å². The van der Waals surface area contributed by atoms with Crippen molar-refractivity contribution in [1.82, 2.24) is 9.80 Å². The molecule has 0 aromatic heterocycles. The van der Waals surface area contributed by atoms with E-state index in [0.717, 1.165) is 0 Å². The molecule has 6 heteroatoms. The van der Waals surface area contributed by atoms with Crippen LogP contribution in [0.3, 0.4) is 0 Å². The summed E-state index contributed by atoms with van der Waals surface area (Å²) in [5, 5.41) is 5.96. The fourth-order valence-electron chi connectivity index (χ4n) is 3.32. The van der Waals surface area contributed by atoms with E-state index in [1.165, 1.54) is 0 Å². The summed E-state index contributed by atoms with van der Waals surface area (Å²) < 4.78 is 0. The maximum absolute atomic E-state index is 12.8. The van der Waals surface area contributed by atoms with E-state index in [9.17, 15) is 9.59 Å². The van der Waals surface area contributed by atoms with Crippen LogP contribution in [-0.2, 0) is 0 Å². The van der Waals surface area contributed by atoms with Crippen LogP contribution in [-0.4, -0.2) is 48.0 Å². The van der Waals surface area contributed by atoms with Gasteiger partial charge < -0.3 is 20.4 Å². The third kappa shape index (κ3) is 9.99. The Kier molecular flexibility index (Phi) is 10.7. The van der Waals surface area contributed by atoms with Gasteiger partial charge in [0.2, 0.25) is 0 Å². The predicted molar refractivity (Wildman–Crippen MR) is 127 cm³/mol. The van der Waals surface area contributed by atoms with Crippen molar-refractivity contribution < 1.29 is 9.59 Å². The molecule has 6 nitrogen and oxygen atoms in total. The normalized spacial score (nSPS) is 11.3. The van der Waals surface area contributed by atoms with Crippen LogP contribution in [0.2, 0.25) is 0 Å². The minimum Gasteiger partial charge on any atom is -0.324 e. The maximum atomic E-state index is 12.8. The summed E-state index contributed by atoms with van der Waals surface area (Å²) in [5.41, 5.74) is 1.35. The first-order valence-electron chi connectivity index (χ1n) is 11.2. The molecule has 0 aliphatic carbocycles. The molecule has 1 rings (SSSR count). The number of urea groups is 2. The molecule has 0 bridgehead atoms. The third-order valence-corrected chi connectivity index (χ3v) is 4.28. The van der Waals surface area contributed by atoms with E-state index in [1.54, 1.807) is 0 Å². The van der Waals surface area contributed by atoms with Gasteiger partial charge in [-0.3, -0.25) is 0 Å². The van der Waals surface area contributed by atoms with Gasteiger partial charge in [-0.15, -0.1) is 0 Å². The number of nitrogens with one attached hydrogen (secondary N) is 2. The van der Waals surface area contributed by atoms with E-state index >= 15 is 0 Å². The van der Waals surface area contributed by atoms with Crippen LogP contribution in [0.1, 0.15) is 55.4 Å². The number of hydrogen-bond donors (Lipinski definition) is 2. The monoisotopic (exact) mass is 418 g/mol. The molecule has 0 aliphatic heterocycles. The molecule has 4 amide bonds. The molecule has 0 unspecified atom stereocenters. The fourth-order valence-corrected chi connectivity index (χ4v) is 3.32. The lowest BCUT2D eigenvalue weighted by atomic mass is 10.1. The summed E-state index contributed by atoms with van der Waals surface area (Å²) in [6, 6.07) is 7.12. The first-order valence-corrected chi connectivity index (χ1v) is 11.2. The molecule has 0 radical (unpaired) electrons. The summed E-state index contributed by atoms with van der Waals surface area (Å²) in [4.78, 5) is 29.3. The molecule has 0 fully saturated rings. The highest BCUT2D eigenvalue weighted by Gasteiger charge is 2.18. The van der Waals surface area contributed by atoms with Crippen LogP contribution >= 0.6 is 0 Å². The minimum atomic E-state index is -0.109. The van der Waals surface area contributed by atoms with E-state index in [2.05, 4.69) is 66.0 Å². The lowest BCUT2D eigenvalue weighted by Gasteiger charge is -2.27. The van der Waals surface area contributed by atoms with Crippen LogP contribution in [0.15, 0.2) is 24.3 Å². The lowest BCUT2D eigenvalue weighted by Crippen LogP contribution is -2.40. The van der Waals surface area contributed by atoms with E-state index in [1.807, 2.05) is 34.1 Å². The van der Waals surface area contributed by atoms with Crippen molar-refractivity contribution in [1.29, 1.82) is 0 Å². The van der Waals surface area contributed by atoms with Crippen molar-refractivity contribution in [2.45, 2.75) is 55.4 Å². The number of carbonyl (C=O) groups is 2. The third-order valence-electron chi connectivity index (χ3n) is 4.28. The highest BCUT2D eigenvalue weighted by molar-refractivity contribution is 5.92. The molecule has 0 aliphatic rings. The molecule has 2 N–H and O–H groups in total. The number of carbonyl (C=O) groups excluding carboxylic acids is 2. The molecule has 30 heavy (non-hydrogen) atoms. The van der Waals surface area contributed by atoms with E-state index in [-0.39, 0.29) is 12.1 Å². The summed E-state index contributed by atoms with van der Waals surface area (Å²) in [7, 11) is 0. The molecule has 0 saturated carbocycles. The Bertz CT molecular complexity index is 598. The molecular formula is C24H42N4O2. The lowest BCUT2D eigenvalue weighted by molar-refractivity contribution is 0.196. The van der Waals surface area contributed by atoms with Gasteiger partial charge in [-0.2, -0.15) is 0 Å². The van der Waals surface area contributed by atoms with Crippen molar-refractivity contribution in [3.05, 3.63) is 24.3 Å². The minimum absolute atomic E-state index is 0.109. The van der Waals surface area contributed by atoms with Crippen molar-refractivity contribution in [3.8, 4) is 0 Å². The Hall–Kier alpha value is -2.24. The highest BCUT2D eigenvalue weighted by Crippen LogP contribution is 2.17. The van der Waals surface area contributed by atoms with Crippen molar-refractivity contribution >= 4 is 23.4 Å². The van der Waals surface area contributed by atoms with Gasteiger partial charge in [-0.05, 0) is 41.9 Å². The molecule has 0 saturated heterocycles. The Morgan fingerprint density at radius 2 is 0.967 bits per heavy atom. The van der Waals surface area contributed by atoms with Crippen molar-refractivity contribution in [2.75, 3.05) is 36.8 Å². The zero-order valence-corrected chi connectivity index (χ0v) is 20.2. The zero-order chi connectivity index (χ0) is 22.8. The van der Waals surface area contributed by atoms with Gasteiger partial charge in [0.1, 0.15) is 0 Å². The fraction of sp³-hybridized carbons (Fsp3) is 0.667. The van der Waals surface area contributed by atoms with Gasteiger partial charge in [0.15, 0.2) is 0 Å². The molecular weight excluding hydrogens is 376 g/mol. The molecule has 0 heterocycles. The first-order chi connectivity index (χ1) is 14.0. The zero-order valence-electron chi connectivity index (χ0n) is 20.2. The van der Waals surface area contributed by atoms with Crippen molar-refractivity contribution in [3.63, 3.8) is 0 Å². The molecule has 170 valence electrons. The highest BCUT2D eigenvalue weighted by atomic mass is 16.2. The Morgan fingerprint density at radius 3 is 1.23 bits per heavy atom.